The summed E-state index contributed by atoms with van der Waals surface area (Å²) in [6, 6.07) is 24.8. The Kier molecular flexibility index (Phi) is 7.62. The Morgan fingerprint density at radius 1 is 0.420 bits per heavy atom. The molecular weight excluding hydrogens is 654 g/mol. The zero-order valence-corrected chi connectivity index (χ0v) is 24.9. The van der Waals surface area contributed by atoms with Gasteiger partial charge in [0.15, 0.2) is 0 Å². The highest BCUT2D eigenvalue weighted by Gasteiger charge is 2.41. The summed E-state index contributed by atoms with van der Waals surface area (Å²) in [6.45, 7) is 0. The van der Waals surface area contributed by atoms with Crippen molar-refractivity contribution < 1.29 is 26.3 Å². The number of alkyl halides is 6. The molecule has 4 aromatic rings. The smallest absolute Gasteiger partial charge is 0.192 e. The Morgan fingerprint density at radius 3 is 1.06 bits per heavy atom. The van der Waals surface area contributed by atoms with Crippen LogP contribution >= 0.6 is 0 Å². The van der Waals surface area contributed by atoms with Crippen molar-refractivity contribution in [3.05, 3.63) is 128 Å². The summed E-state index contributed by atoms with van der Waals surface area (Å²) < 4.78 is 84.8. The number of hydrogen-bond acceptors (Lipinski definition) is 6. The fourth-order valence-corrected chi connectivity index (χ4v) is 6.32. The molecule has 0 N–H and O–H groups in total. The Balaban J connectivity index is 1.64. The molecule has 6 rings (SSSR count). The van der Waals surface area contributed by atoms with Gasteiger partial charge in [0.1, 0.15) is 35.4 Å². The fraction of sp³-hybridized carbons (Fsp3) is 0.0526. The van der Waals surface area contributed by atoms with Crippen LogP contribution in [-0.2, 0) is 12.4 Å². The molecule has 4 aromatic carbocycles. The van der Waals surface area contributed by atoms with E-state index in [0.717, 1.165) is 12.1 Å². The van der Waals surface area contributed by atoms with E-state index in [-0.39, 0.29) is 77.9 Å². The van der Waals surface area contributed by atoms with E-state index in [2.05, 4.69) is 0 Å². The zero-order valence-electron chi connectivity index (χ0n) is 24.9. The predicted molar refractivity (Wildman–Crippen MR) is 166 cm³/mol. The minimum absolute atomic E-state index is 0.00219. The lowest BCUT2D eigenvalue weighted by Gasteiger charge is -2.18. The number of benzene rings is 4. The summed E-state index contributed by atoms with van der Waals surface area (Å²) in [5.41, 5.74) is -2.87. The quantitative estimate of drug-likeness (QED) is 0.154. The van der Waals surface area contributed by atoms with Crippen molar-refractivity contribution in [1.82, 2.24) is 0 Å². The van der Waals surface area contributed by atoms with Gasteiger partial charge in [0.25, 0.3) is 0 Å². The second kappa shape index (κ2) is 11.7. The highest BCUT2D eigenvalue weighted by molar-refractivity contribution is 6.38. The van der Waals surface area contributed by atoms with Crippen LogP contribution in [0.5, 0.6) is 0 Å². The van der Waals surface area contributed by atoms with Crippen LogP contribution < -0.4 is 0 Å². The first-order chi connectivity index (χ1) is 23.8. The van der Waals surface area contributed by atoms with Crippen LogP contribution in [0.4, 0.5) is 26.3 Å². The largest absolute Gasteiger partial charge is 0.417 e. The van der Waals surface area contributed by atoms with Gasteiger partial charge < -0.3 is 0 Å². The van der Waals surface area contributed by atoms with Crippen molar-refractivity contribution in [2.75, 3.05) is 0 Å². The summed E-state index contributed by atoms with van der Waals surface area (Å²) in [7, 11) is 0. The molecule has 0 atom stereocenters. The molecule has 12 heteroatoms. The highest BCUT2D eigenvalue weighted by Crippen LogP contribution is 2.60. The maximum absolute atomic E-state index is 14.1. The van der Waals surface area contributed by atoms with Crippen LogP contribution in [0.25, 0.3) is 44.5 Å². The lowest BCUT2D eigenvalue weighted by molar-refractivity contribution is -0.137. The van der Waals surface area contributed by atoms with E-state index >= 15 is 0 Å². The zero-order chi connectivity index (χ0) is 36.1. The van der Waals surface area contributed by atoms with E-state index in [9.17, 15) is 57.9 Å². The standard InChI is InChI=1S/C38H12F6N6/c39-37(40,41)31-9-19(13-45)1-5-25(31)21-3-7-27-29(11-21)33(23(15-47)16-48)36-28-8-4-22(12-30(28)34(35(27)36)24(17-49)18-50)26-6-2-20(14-46)10-32(26)38(42,43)44/h1-12H. The molecule has 0 heterocycles. The molecule has 0 amide bonds. The topological polar surface area (TPSA) is 143 Å². The summed E-state index contributed by atoms with van der Waals surface area (Å²) >= 11 is 0. The van der Waals surface area contributed by atoms with Crippen LogP contribution in [0.15, 0.2) is 83.9 Å². The average molecular weight is 667 g/mol. The molecular formula is C38H12F6N6. The lowest BCUT2D eigenvalue weighted by atomic mass is 9.86. The molecule has 0 saturated carbocycles. The Morgan fingerprint density at radius 2 is 0.760 bits per heavy atom. The van der Waals surface area contributed by atoms with Crippen LogP contribution in [0, 0.1) is 68.0 Å². The minimum atomic E-state index is -4.85. The van der Waals surface area contributed by atoms with Crippen molar-refractivity contribution in [3.63, 3.8) is 0 Å². The fourth-order valence-electron chi connectivity index (χ4n) is 6.32. The van der Waals surface area contributed by atoms with Crippen molar-refractivity contribution in [3.8, 4) is 58.7 Å². The normalized spacial score (nSPS) is 12.7. The first kappa shape index (κ1) is 32.6. The van der Waals surface area contributed by atoms with Gasteiger partial charge in [0.05, 0.1) is 34.4 Å². The molecule has 0 aliphatic heterocycles. The number of nitrogens with zero attached hydrogens (tertiary/aromatic N) is 6. The van der Waals surface area contributed by atoms with Gasteiger partial charge in [0.2, 0.25) is 0 Å². The van der Waals surface area contributed by atoms with Gasteiger partial charge in [-0.05, 0) is 80.9 Å². The maximum atomic E-state index is 14.1. The third-order valence-electron chi connectivity index (χ3n) is 8.34. The molecule has 236 valence electrons. The van der Waals surface area contributed by atoms with Crippen molar-refractivity contribution >= 4 is 22.3 Å². The molecule has 0 spiro atoms. The van der Waals surface area contributed by atoms with Gasteiger partial charge in [-0.2, -0.15) is 57.9 Å². The van der Waals surface area contributed by atoms with Gasteiger partial charge in [-0.1, -0.05) is 36.4 Å². The summed E-state index contributed by atoms with van der Waals surface area (Å²) in [4.78, 5) is 0. The van der Waals surface area contributed by atoms with Gasteiger partial charge >= 0.3 is 12.4 Å². The van der Waals surface area contributed by atoms with Crippen LogP contribution in [0.2, 0.25) is 0 Å². The molecule has 0 fully saturated rings. The monoisotopic (exact) mass is 666 g/mol. The Labute approximate surface area is 279 Å². The number of hydrogen-bond donors (Lipinski definition) is 0. The Hall–Kier alpha value is -7.38. The molecule has 0 radical (unpaired) electrons. The molecule has 0 unspecified atom stereocenters. The van der Waals surface area contributed by atoms with Crippen LogP contribution in [-0.4, -0.2) is 0 Å². The second-order valence-corrected chi connectivity index (χ2v) is 11.0. The van der Waals surface area contributed by atoms with E-state index in [1.165, 1.54) is 48.5 Å². The number of fused-ring (bicyclic) bond motifs is 4. The van der Waals surface area contributed by atoms with E-state index in [1.807, 2.05) is 0 Å². The number of halogens is 6. The Bertz CT molecular complexity index is 2370. The average Bonchev–Trinajstić information content (AvgIpc) is 3.60. The molecule has 0 aromatic heterocycles. The third-order valence-corrected chi connectivity index (χ3v) is 8.34. The second-order valence-electron chi connectivity index (χ2n) is 11.0. The van der Waals surface area contributed by atoms with E-state index < -0.39 is 34.6 Å². The number of rotatable bonds is 2. The molecule has 0 saturated heterocycles. The molecule has 6 nitrogen and oxygen atoms in total. The molecule has 2 aliphatic carbocycles. The van der Waals surface area contributed by atoms with Crippen LogP contribution in [0.1, 0.15) is 44.5 Å². The van der Waals surface area contributed by atoms with Crippen LogP contribution in [0.3, 0.4) is 0 Å². The van der Waals surface area contributed by atoms with Gasteiger partial charge in [-0.3, -0.25) is 0 Å². The molecule has 50 heavy (non-hydrogen) atoms. The van der Waals surface area contributed by atoms with Gasteiger partial charge in [-0.15, -0.1) is 0 Å². The third kappa shape index (κ3) is 5.03. The summed E-state index contributed by atoms with van der Waals surface area (Å²) in [5.74, 6) is 0. The van der Waals surface area contributed by atoms with E-state index in [1.54, 1.807) is 36.4 Å². The van der Waals surface area contributed by atoms with E-state index in [0.29, 0.717) is 12.1 Å². The first-order valence-corrected chi connectivity index (χ1v) is 14.2. The van der Waals surface area contributed by atoms with Crippen molar-refractivity contribution in [2.45, 2.75) is 12.4 Å². The van der Waals surface area contributed by atoms with Gasteiger partial charge in [-0.25, -0.2) is 0 Å². The minimum Gasteiger partial charge on any atom is -0.192 e. The summed E-state index contributed by atoms with van der Waals surface area (Å²) in [5, 5.41) is 58.4. The SMILES string of the molecule is N#CC(C#N)=C1C2=C(C(=C(C#N)C#N)c3cc(-c4ccc(C#N)cc4C(F)(F)F)ccc32)c2ccc(-c3ccc(C#N)cc3C(F)(F)F)cc21. The first-order valence-electron chi connectivity index (χ1n) is 14.2. The van der Waals surface area contributed by atoms with Crippen molar-refractivity contribution in [2.24, 2.45) is 0 Å². The molecule has 0 bridgehead atoms. The summed E-state index contributed by atoms with van der Waals surface area (Å²) in [6.07, 6.45) is -9.71. The number of allylic oxidation sites excluding steroid dienone is 6. The predicted octanol–water partition coefficient (Wildman–Crippen LogP) is 9.34. The van der Waals surface area contributed by atoms with Gasteiger partial charge in [0, 0.05) is 22.3 Å². The lowest BCUT2D eigenvalue weighted by Crippen LogP contribution is -2.08. The number of nitriles is 6. The maximum Gasteiger partial charge on any atom is 0.417 e. The van der Waals surface area contributed by atoms with Crippen molar-refractivity contribution in [1.29, 1.82) is 31.6 Å². The molecule has 2 aliphatic rings. The van der Waals surface area contributed by atoms with E-state index in [4.69, 9.17) is 0 Å². The highest BCUT2D eigenvalue weighted by atomic mass is 19.4.